The summed E-state index contributed by atoms with van der Waals surface area (Å²) in [7, 11) is 0. The summed E-state index contributed by atoms with van der Waals surface area (Å²) in [6.07, 6.45) is 5.91. The Labute approximate surface area is 153 Å². The van der Waals surface area contributed by atoms with Crippen molar-refractivity contribution in [1.82, 2.24) is 20.3 Å². The van der Waals surface area contributed by atoms with E-state index in [9.17, 15) is 9.59 Å². The average molecular weight is 366 g/mol. The SMILES string of the molecule is NCCCC[C@H](N)c1cn([C@@H](CCC(=O)O)C(=O)C2CCNCC2)nn1. The Kier molecular flexibility index (Phi) is 8.14. The predicted molar refractivity (Wildman–Crippen MR) is 96.4 cm³/mol. The van der Waals surface area contributed by atoms with Gasteiger partial charge >= 0.3 is 5.97 Å². The summed E-state index contributed by atoms with van der Waals surface area (Å²) >= 11 is 0. The molecule has 0 aromatic carbocycles. The van der Waals surface area contributed by atoms with Gasteiger partial charge in [-0.25, -0.2) is 4.68 Å². The molecule has 0 bridgehead atoms. The number of hydrogen-bond donors (Lipinski definition) is 4. The first-order valence-corrected chi connectivity index (χ1v) is 9.36. The van der Waals surface area contributed by atoms with E-state index in [1.54, 1.807) is 6.20 Å². The number of carbonyl (C=O) groups is 2. The molecule has 2 heterocycles. The normalized spacial score (nSPS) is 17.8. The van der Waals surface area contributed by atoms with Gasteiger partial charge in [0.2, 0.25) is 0 Å². The molecule has 1 aliphatic rings. The molecule has 0 radical (unpaired) electrons. The summed E-state index contributed by atoms with van der Waals surface area (Å²) in [4.78, 5) is 23.9. The maximum atomic E-state index is 12.9. The van der Waals surface area contributed by atoms with Crippen molar-refractivity contribution in [1.29, 1.82) is 0 Å². The van der Waals surface area contributed by atoms with Crippen molar-refractivity contribution in [3.05, 3.63) is 11.9 Å². The molecule has 9 nitrogen and oxygen atoms in total. The van der Waals surface area contributed by atoms with Gasteiger partial charge in [-0.05, 0) is 51.7 Å². The summed E-state index contributed by atoms with van der Waals surface area (Å²) in [5, 5.41) is 20.5. The second kappa shape index (κ2) is 10.3. The number of nitrogens with two attached hydrogens (primary N) is 2. The second-order valence-corrected chi connectivity index (χ2v) is 6.89. The second-order valence-electron chi connectivity index (χ2n) is 6.89. The summed E-state index contributed by atoms with van der Waals surface area (Å²) in [5.74, 6) is -0.950. The molecule has 26 heavy (non-hydrogen) atoms. The highest BCUT2D eigenvalue weighted by Crippen LogP contribution is 2.25. The van der Waals surface area contributed by atoms with Crippen LogP contribution >= 0.6 is 0 Å². The fraction of sp³-hybridized carbons (Fsp3) is 0.765. The molecule has 1 aromatic heterocycles. The minimum absolute atomic E-state index is 0.0425. The van der Waals surface area contributed by atoms with Crippen molar-refractivity contribution in [3.8, 4) is 0 Å². The van der Waals surface area contributed by atoms with E-state index < -0.39 is 12.0 Å². The quantitative estimate of drug-likeness (QED) is 0.411. The molecular formula is C17H30N6O3. The van der Waals surface area contributed by atoms with Gasteiger partial charge < -0.3 is 21.9 Å². The van der Waals surface area contributed by atoms with E-state index in [0.717, 1.165) is 45.2 Å². The smallest absolute Gasteiger partial charge is 0.303 e. The number of carboxylic acid groups (broad SMARTS) is 1. The average Bonchev–Trinajstić information content (AvgIpc) is 3.12. The maximum absolute atomic E-state index is 12.9. The Morgan fingerprint density at radius 1 is 1.31 bits per heavy atom. The van der Waals surface area contributed by atoms with Gasteiger partial charge in [0.1, 0.15) is 6.04 Å². The monoisotopic (exact) mass is 366 g/mol. The maximum Gasteiger partial charge on any atom is 0.303 e. The van der Waals surface area contributed by atoms with Crippen LogP contribution in [-0.4, -0.2) is 51.5 Å². The lowest BCUT2D eigenvalue weighted by atomic mass is 9.88. The topological polar surface area (TPSA) is 149 Å². The number of carboxylic acids is 1. The minimum atomic E-state index is -0.924. The zero-order valence-corrected chi connectivity index (χ0v) is 15.1. The molecule has 1 saturated heterocycles. The molecule has 0 unspecified atom stereocenters. The van der Waals surface area contributed by atoms with Gasteiger partial charge in [-0.2, -0.15) is 0 Å². The first-order chi connectivity index (χ1) is 12.5. The number of hydrogen-bond acceptors (Lipinski definition) is 7. The van der Waals surface area contributed by atoms with Crippen molar-refractivity contribution in [2.45, 2.75) is 57.0 Å². The molecule has 0 saturated carbocycles. The minimum Gasteiger partial charge on any atom is -0.481 e. The number of carbonyl (C=O) groups excluding carboxylic acids is 1. The third-order valence-electron chi connectivity index (χ3n) is 4.90. The fourth-order valence-corrected chi connectivity index (χ4v) is 3.31. The van der Waals surface area contributed by atoms with E-state index in [1.807, 2.05) is 0 Å². The lowest BCUT2D eigenvalue weighted by molar-refractivity contribution is -0.137. The van der Waals surface area contributed by atoms with Gasteiger partial charge in [0, 0.05) is 12.3 Å². The van der Waals surface area contributed by atoms with Crippen LogP contribution in [0.3, 0.4) is 0 Å². The molecule has 1 aliphatic heterocycles. The Bertz CT molecular complexity index is 585. The lowest BCUT2D eigenvalue weighted by Gasteiger charge is -2.25. The van der Waals surface area contributed by atoms with Crippen LogP contribution in [0.15, 0.2) is 6.20 Å². The van der Waals surface area contributed by atoms with Gasteiger partial charge in [-0.1, -0.05) is 11.6 Å². The molecule has 1 aromatic rings. The standard InChI is InChI=1S/C17H30N6O3/c18-8-2-1-3-13(19)14-11-23(22-21-14)15(4-5-16(24)25)17(26)12-6-9-20-10-7-12/h11-13,15,20H,1-10,18-19H2,(H,24,25)/t13-,15-/m0/s1. The molecule has 9 heteroatoms. The number of aromatic nitrogens is 3. The van der Waals surface area contributed by atoms with Crippen LogP contribution in [-0.2, 0) is 9.59 Å². The van der Waals surface area contributed by atoms with Crippen LogP contribution in [0, 0.1) is 5.92 Å². The number of ketones is 1. The van der Waals surface area contributed by atoms with E-state index in [0.29, 0.717) is 12.2 Å². The van der Waals surface area contributed by atoms with Gasteiger partial charge in [0.15, 0.2) is 5.78 Å². The van der Waals surface area contributed by atoms with Crippen molar-refractivity contribution in [2.75, 3.05) is 19.6 Å². The highest BCUT2D eigenvalue weighted by Gasteiger charge is 2.30. The molecular weight excluding hydrogens is 336 g/mol. The predicted octanol–water partition coefficient (Wildman–Crippen LogP) is 0.382. The van der Waals surface area contributed by atoms with E-state index in [1.165, 1.54) is 4.68 Å². The van der Waals surface area contributed by atoms with Crippen LogP contribution in [0.2, 0.25) is 0 Å². The first-order valence-electron chi connectivity index (χ1n) is 9.36. The molecule has 0 aliphatic carbocycles. The molecule has 2 atom stereocenters. The molecule has 2 rings (SSSR count). The fourth-order valence-electron chi connectivity index (χ4n) is 3.31. The Balaban J connectivity index is 2.09. The number of piperidine rings is 1. The summed E-state index contributed by atoms with van der Waals surface area (Å²) < 4.78 is 1.51. The summed E-state index contributed by atoms with van der Waals surface area (Å²) in [6.45, 7) is 2.23. The molecule has 146 valence electrons. The third-order valence-corrected chi connectivity index (χ3v) is 4.90. The van der Waals surface area contributed by atoms with Gasteiger partial charge in [0.05, 0.1) is 17.9 Å². The van der Waals surface area contributed by atoms with E-state index >= 15 is 0 Å². The van der Waals surface area contributed by atoms with E-state index in [-0.39, 0.29) is 30.6 Å². The summed E-state index contributed by atoms with van der Waals surface area (Å²) in [5.41, 5.74) is 12.3. The third kappa shape index (κ3) is 5.86. The lowest BCUT2D eigenvalue weighted by Crippen LogP contribution is -2.36. The zero-order chi connectivity index (χ0) is 18.9. The van der Waals surface area contributed by atoms with Crippen LogP contribution in [0.4, 0.5) is 0 Å². The van der Waals surface area contributed by atoms with E-state index in [2.05, 4.69) is 15.6 Å². The zero-order valence-electron chi connectivity index (χ0n) is 15.1. The number of rotatable bonds is 11. The largest absolute Gasteiger partial charge is 0.481 e. The molecule has 0 spiro atoms. The van der Waals surface area contributed by atoms with Crippen LogP contribution < -0.4 is 16.8 Å². The first kappa shape index (κ1) is 20.5. The Morgan fingerprint density at radius 3 is 2.69 bits per heavy atom. The molecule has 0 amide bonds. The van der Waals surface area contributed by atoms with Crippen molar-refractivity contribution in [2.24, 2.45) is 17.4 Å². The molecule has 6 N–H and O–H groups in total. The van der Waals surface area contributed by atoms with Gasteiger partial charge in [-0.15, -0.1) is 5.10 Å². The van der Waals surface area contributed by atoms with Gasteiger partial charge in [-0.3, -0.25) is 9.59 Å². The number of Topliss-reactive ketones (excluding diaryl/α,β-unsaturated/α-hetero) is 1. The van der Waals surface area contributed by atoms with Crippen molar-refractivity contribution in [3.63, 3.8) is 0 Å². The van der Waals surface area contributed by atoms with Crippen LogP contribution in [0.1, 0.15) is 62.7 Å². The Hall–Kier alpha value is -1.84. The highest BCUT2D eigenvalue weighted by atomic mass is 16.4. The van der Waals surface area contributed by atoms with Crippen molar-refractivity contribution < 1.29 is 14.7 Å². The number of aliphatic carboxylic acids is 1. The highest BCUT2D eigenvalue weighted by molar-refractivity contribution is 5.85. The number of unbranched alkanes of at least 4 members (excludes halogenated alkanes) is 1. The van der Waals surface area contributed by atoms with Gasteiger partial charge in [0.25, 0.3) is 0 Å². The number of nitrogens with zero attached hydrogens (tertiary/aromatic N) is 3. The Morgan fingerprint density at radius 2 is 2.04 bits per heavy atom. The van der Waals surface area contributed by atoms with Crippen LogP contribution in [0.25, 0.3) is 0 Å². The molecule has 1 fully saturated rings. The summed E-state index contributed by atoms with van der Waals surface area (Å²) in [6, 6.07) is -0.865. The van der Waals surface area contributed by atoms with Crippen molar-refractivity contribution >= 4 is 11.8 Å². The number of nitrogens with one attached hydrogen (secondary N) is 1. The van der Waals surface area contributed by atoms with E-state index in [4.69, 9.17) is 16.6 Å². The van der Waals surface area contributed by atoms with Crippen LogP contribution in [0.5, 0.6) is 0 Å².